The van der Waals surface area contributed by atoms with Gasteiger partial charge in [-0.15, -0.1) is 4.79 Å². The summed E-state index contributed by atoms with van der Waals surface area (Å²) >= 11 is 0. The highest BCUT2D eigenvalue weighted by Crippen LogP contribution is 2.11. The van der Waals surface area contributed by atoms with Crippen molar-refractivity contribution in [2.45, 2.75) is 11.8 Å². The lowest BCUT2D eigenvalue weighted by Gasteiger charge is -1.99. The number of carbonyl (C=O) groups is 1. The molecule has 0 saturated heterocycles. The zero-order chi connectivity index (χ0) is 12.9. The van der Waals surface area contributed by atoms with Crippen LogP contribution in [0.15, 0.2) is 35.2 Å². The summed E-state index contributed by atoms with van der Waals surface area (Å²) in [5.74, 6) is -1.18. The second-order valence-electron chi connectivity index (χ2n) is 2.94. The first kappa shape index (κ1) is 13.1. The van der Waals surface area contributed by atoms with Gasteiger partial charge in [0.25, 0.3) is 9.84 Å². The quantitative estimate of drug-likeness (QED) is 0.254. The molecule has 0 unspecified atom stereocenters. The lowest BCUT2D eigenvalue weighted by Crippen LogP contribution is -2.27. The van der Waals surface area contributed by atoms with Crippen molar-refractivity contribution >= 4 is 20.9 Å². The van der Waals surface area contributed by atoms with Gasteiger partial charge in [-0.2, -0.15) is 0 Å². The number of ether oxygens (including phenoxy) is 1. The van der Waals surface area contributed by atoms with Crippen LogP contribution in [0.2, 0.25) is 0 Å². The molecule has 17 heavy (non-hydrogen) atoms. The van der Waals surface area contributed by atoms with E-state index in [1.54, 1.807) is 6.07 Å². The molecule has 0 aliphatic rings. The van der Waals surface area contributed by atoms with Crippen molar-refractivity contribution in [3.05, 3.63) is 35.9 Å². The third-order valence-electron chi connectivity index (χ3n) is 1.85. The highest BCUT2D eigenvalue weighted by atomic mass is 32.2. The van der Waals surface area contributed by atoms with E-state index in [-0.39, 0.29) is 11.5 Å². The van der Waals surface area contributed by atoms with Crippen LogP contribution in [-0.4, -0.2) is 30.8 Å². The average Bonchev–Trinajstić information content (AvgIpc) is 2.31. The molecule has 1 rings (SSSR count). The summed E-state index contributed by atoms with van der Waals surface area (Å²) < 4.78 is 28.3. The van der Waals surface area contributed by atoms with E-state index >= 15 is 0 Å². The molecule has 0 bridgehead atoms. The predicted octanol–water partition coefficient (Wildman–Crippen LogP) is 0.652. The first-order chi connectivity index (χ1) is 8.04. The average molecular weight is 254 g/mol. The Hall–Kier alpha value is -1.98. The standard InChI is InChI=1S/C10H10N2O4S/c1-2-16-10(13)9(12-11)17(14,15)8-6-4-3-5-7-8/h3-7H,2H2,1H3. The molecule has 0 aromatic heterocycles. The van der Waals surface area contributed by atoms with Gasteiger partial charge in [0, 0.05) is 0 Å². The maximum Gasteiger partial charge on any atom is 0.493 e. The minimum Gasteiger partial charge on any atom is -0.457 e. The SMILES string of the molecule is CCOC(=O)C(=[N+]=[N-])S(=O)(=O)c1ccccc1. The summed E-state index contributed by atoms with van der Waals surface area (Å²) in [7, 11) is -4.15. The topological polar surface area (TPSA) is 96.8 Å². The Bertz CT molecular complexity index is 559. The Balaban J connectivity index is 3.23. The van der Waals surface area contributed by atoms with Crippen LogP contribution in [0, 0.1) is 0 Å². The smallest absolute Gasteiger partial charge is 0.457 e. The molecule has 0 amide bonds. The summed E-state index contributed by atoms with van der Waals surface area (Å²) in [6, 6.07) is 7.19. The van der Waals surface area contributed by atoms with Crippen molar-refractivity contribution in [1.82, 2.24) is 0 Å². The summed E-state index contributed by atoms with van der Waals surface area (Å²) in [5, 5.41) is -1.02. The third kappa shape index (κ3) is 2.77. The van der Waals surface area contributed by atoms with E-state index in [2.05, 4.69) is 9.53 Å². The Morgan fingerprint density at radius 1 is 1.35 bits per heavy atom. The molecule has 0 aliphatic carbocycles. The molecule has 0 heterocycles. The number of rotatable bonds is 2. The zero-order valence-electron chi connectivity index (χ0n) is 9.03. The van der Waals surface area contributed by atoms with Crippen molar-refractivity contribution in [3.63, 3.8) is 0 Å². The van der Waals surface area contributed by atoms with E-state index in [0.29, 0.717) is 0 Å². The molecule has 1 aromatic rings. The maximum atomic E-state index is 11.9. The summed E-state index contributed by atoms with van der Waals surface area (Å²) in [4.78, 5) is 13.7. The Labute approximate surface area is 98.4 Å². The van der Waals surface area contributed by atoms with Crippen molar-refractivity contribution in [2.24, 2.45) is 0 Å². The van der Waals surface area contributed by atoms with Crippen LogP contribution in [0.5, 0.6) is 0 Å². The van der Waals surface area contributed by atoms with Crippen LogP contribution in [0.25, 0.3) is 5.53 Å². The van der Waals surface area contributed by atoms with E-state index in [9.17, 15) is 13.2 Å². The summed E-state index contributed by atoms with van der Waals surface area (Å²) in [6.45, 7) is 1.50. The van der Waals surface area contributed by atoms with E-state index in [4.69, 9.17) is 5.53 Å². The van der Waals surface area contributed by atoms with Crippen LogP contribution in [0.4, 0.5) is 0 Å². The molecule has 0 spiro atoms. The fourth-order valence-electron chi connectivity index (χ4n) is 1.11. The maximum absolute atomic E-state index is 11.9. The molecule has 0 atom stereocenters. The summed E-state index contributed by atoms with van der Waals surface area (Å²) in [5.41, 5.74) is 8.63. The molecule has 0 fully saturated rings. The van der Waals surface area contributed by atoms with Gasteiger partial charge in [0.2, 0.25) is 0 Å². The van der Waals surface area contributed by atoms with Gasteiger partial charge in [0.05, 0.1) is 11.5 Å². The first-order valence-corrected chi connectivity index (χ1v) is 6.21. The van der Waals surface area contributed by atoms with Crippen LogP contribution < -0.4 is 0 Å². The van der Waals surface area contributed by atoms with Gasteiger partial charge in [-0.3, -0.25) is 0 Å². The Morgan fingerprint density at radius 3 is 2.41 bits per heavy atom. The lowest BCUT2D eigenvalue weighted by atomic mass is 10.4. The van der Waals surface area contributed by atoms with Crippen LogP contribution in [-0.2, 0) is 19.4 Å². The van der Waals surface area contributed by atoms with Gasteiger partial charge in [0.15, 0.2) is 0 Å². The van der Waals surface area contributed by atoms with Gasteiger partial charge in [-0.25, -0.2) is 13.2 Å². The number of hydrogen-bond acceptors (Lipinski definition) is 4. The largest absolute Gasteiger partial charge is 0.493 e. The number of hydrogen-bond donors (Lipinski definition) is 0. The second-order valence-corrected chi connectivity index (χ2v) is 4.81. The number of nitrogens with zero attached hydrogens (tertiary/aromatic N) is 2. The molecular weight excluding hydrogens is 244 g/mol. The summed E-state index contributed by atoms with van der Waals surface area (Å²) in [6.07, 6.45) is 0. The Kier molecular flexibility index (Phi) is 4.14. The van der Waals surface area contributed by atoms with Crippen LogP contribution in [0.3, 0.4) is 0 Å². The van der Waals surface area contributed by atoms with E-state index < -0.39 is 20.9 Å². The minimum absolute atomic E-state index is 0.0117. The number of sulfone groups is 1. The molecule has 6 nitrogen and oxygen atoms in total. The first-order valence-electron chi connectivity index (χ1n) is 4.73. The van der Waals surface area contributed by atoms with Crippen molar-refractivity contribution in [1.29, 1.82) is 0 Å². The van der Waals surface area contributed by atoms with Crippen LogP contribution >= 0.6 is 0 Å². The van der Waals surface area contributed by atoms with Gasteiger partial charge in [-0.05, 0) is 19.1 Å². The van der Waals surface area contributed by atoms with Crippen molar-refractivity contribution < 1.29 is 22.7 Å². The molecule has 1 aromatic carbocycles. The highest BCUT2D eigenvalue weighted by molar-refractivity contribution is 8.08. The molecule has 90 valence electrons. The molecule has 7 heteroatoms. The number of benzene rings is 1. The number of esters is 1. The van der Waals surface area contributed by atoms with E-state index in [1.807, 2.05) is 0 Å². The van der Waals surface area contributed by atoms with Gasteiger partial charge < -0.3 is 10.3 Å². The minimum atomic E-state index is -4.15. The molecule has 0 saturated carbocycles. The van der Waals surface area contributed by atoms with E-state index in [1.165, 1.54) is 31.2 Å². The molecule has 0 aliphatic heterocycles. The lowest BCUT2D eigenvalue weighted by molar-refractivity contribution is -0.138. The predicted molar refractivity (Wildman–Crippen MR) is 58.9 cm³/mol. The monoisotopic (exact) mass is 254 g/mol. The van der Waals surface area contributed by atoms with Crippen molar-refractivity contribution in [2.75, 3.05) is 6.61 Å². The normalized spacial score (nSPS) is 10.4. The van der Waals surface area contributed by atoms with Gasteiger partial charge in [-0.1, -0.05) is 18.2 Å². The van der Waals surface area contributed by atoms with Gasteiger partial charge in [0.1, 0.15) is 0 Å². The number of carbonyl (C=O) groups excluding carboxylic acids is 1. The molecule has 0 N–H and O–H groups in total. The highest BCUT2D eigenvalue weighted by Gasteiger charge is 2.38. The molecule has 0 radical (unpaired) electrons. The fourth-order valence-corrected chi connectivity index (χ4v) is 2.23. The van der Waals surface area contributed by atoms with E-state index in [0.717, 1.165) is 0 Å². The third-order valence-corrected chi connectivity index (χ3v) is 3.50. The zero-order valence-corrected chi connectivity index (χ0v) is 9.85. The second kappa shape index (κ2) is 5.38. The van der Waals surface area contributed by atoms with Crippen LogP contribution in [0.1, 0.15) is 6.92 Å². The fraction of sp³-hybridized carbons (Fsp3) is 0.200. The van der Waals surface area contributed by atoms with Gasteiger partial charge >= 0.3 is 11.0 Å². The Morgan fingerprint density at radius 2 is 1.94 bits per heavy atom. The molecular formula is C10H10N2O4S. The van der Waals surface area contributed by atoms with Crippen molar-refractivity contribution in [3.8, 4) is 0 Å².